The van der Waals surface area contributed by atoms with Crippen molar-refractivity contribution in [3.05, 3.63) is 52.9 Å². The van der Waals surface area contributed by atoms with Gasteiger partial charge in [-0.15, -0.1) is 0 Å². The molecule has 0 aliphatic carbocycles. The molecule has 1 heterocycles. The number of hydrogen-bond acceptors (Lipinski definition) is 3. The molecular formula is C13H13ClN2OS. The lowest BCUT2D eigenvalue weighted by Crippen LogP contribution is -2.14. The van der Waals surface area contributed by atoms with Crippen LogP contribution in [-0.4, -0.2) is 4.99 Å². The Morgan fingerprint density at radius 2 is 2.22 bits per heavy atom. The zero-order valence-electron chi connectivity index (χ0n) is 9.81. The van der Waals surface area contributed by atoms with Crippen LogP contribution in [0.5, 0.6) is 0 Å². The topological polar surface area (TPSA) is 51.2 Å². The molecule has 0 saturated heterocycles. The molecule has 0 saturated carbocycles. The van der Waals surface area contributed by atoms with Gasteiger partial charge in [0.15, 0.2) is 0 Å². The predicted octanol–water partition coefficient (Wildman–Crippen LogP) is 3.74. The highest BCUT2D eigenvalue weighted by Crippen LogP contribution is 2.25. The largest absolute Gasteiger partial charge is 0.467 e. The Kier molecular flexibility index (Phi) is 3.89. The highest BCUT2D eigenvalue weighted by atomic mass is 35.5. The average Bonchev–Trinajstić information content (AvgIpc) is 2.81. The second kappa shape index (κ2) is 5.42. The summed E-state index contributed by atoms with van der Waals surface area (Å²) in [6, 6.07) is 9.13. The fourth-order valence-electron chi connectivity index (χ4n) is 1.69. The minimum Gasteiger partial charge on any atom is -0.467 e. The third-order valence-electron chi connectivity index (χ3n) is 2.59. The second-order valence-electron chi connectivity index (χ2n) is 3.94. The van der Waals surface area contributed by atoms with Gasteiger partial charge in [0, 0.05) is 16.3 Å². The zero-order chi connectivity index (χ0) is 13.1. The van der Waals surface area contributed by atoms with Crippen molar-refractivity contribution < 1.29 is 4.42 Å². The van der Waals surface area contributed by atoms with Crippen LogP contribution in [0.15, 0.2) is 41.0 Å². The predicted molar refractivity (Wildman–Crippen MR) is 78.1 cm³/mol. The van der Waals surface area contributed by atoms with Gasteiger partial charge in [-0.25, -0.2) is 0 Å². The molecule has 18 heavy (non-hydrogen) atoms. The van der Waals surface area contributed by atoms with Crippen LogP contribution in [0.2, 0.25) is 5.02 Å². The molecule has 0 fully saturated rings. The normalized spacial score (nSPS) is 12.1. The van der Waals surface area contributed by atoms with Crippen LogP contribution in [0, 0.1) is 0 Å². The maximum atomic E-state index is 5.98. The maximum absolute atomic E-state index is 5.98. The van der Waals surface area contributed by atoms with Gasteiger partial charge in [0.1, 0.15) is 10.7 Å². The Bertz CT molecular complexity index is 554. The lowest BCUT2D eigenvalue weighted by molar-refractivity contribution is 0.490. The molecule has 1 unspecified atom stereocenters. The molecule has 3 nitrogen and oxygen atoms in total. The average molecular weight is 281 g/mol. The fourth-order valence-corrected chi connectivity index (χ4v) is 2.04. The summed E-state index contributed by atoms with van der Waals surface area (Å²) < 4.78 is 5.34. The third-order valence-corrected chi connectivity index (χ3v) is 3.04. The van der Waals surface area contributed by atoms with Gasteiger partial charge in [0.05, 0.1) is 12.3 Å². The lowest BCUT2D eigenvalue weighted by Gasteiger charge is -2.16. The SMILES string of the molecule is CC(Nc1cc(Cl)ccc1C(N)=S)c1ccco1. The second-order valence-corrected chi connectivity index (χ2v) is 4.81. The molecule has 1 aromatic carbocycles. The highest BCUT2D eigenvalue weighted by Gasteiger charge is 2.12. The first-order valence-corrected chi connectivity index (χ1v) is 6.26. The van der Waals surface area contributed by atoms with Crippen molar-refractivity contribution in [1.29, 1.82) is 0 Å². The first-order chi connectivity index (χ1) is 8.58. The number of rotatable bonds is 4. The number of anilines is 1. The number of furan rings is 1. The molecule has 3 N–H and O–H groups in total. The third kappa shape index (κ3) is 2.83. The van der Waals surface area contributed by atoms with Crippen molar-refractivity contribution in [3.8, 4) is 0 Å². The summed E-state index contributed by atoms with van der Waals surface area (Å²) in [4.78, 5) is 0.334. The minimum absolute atomic E-state index is 0.00608. The number of hydrogen-bond donors (Lipinski definition) is 2. The van der Waals surface area contributed by atoms with Gasteiger partial charge in [-0.1, -0.05) is 23.8 Å². The van der Waals surface area contributed by atoms with E-state index in [2.05, 4.69) is 5.32 Å². The van der Waals surface area contributed by atoms with Gasteiger partial charge in [-0.3, -0.25) is 0 Å². The van der Waals surface area contributed by atoms with Crippen molar-refractivity contribution in [2.75, 3.05) is 5.32 Å². The molecule has 0 radical (unpaired) electrons. The Hall–Kier alpha value is -1.52. The molecule has 1 aromatic heterocycles. The first-order valence-electron chi connectivity index (χ1n) is 5.47. The van der Waals surface area contributed by atoms with E-state index in [-0.39, 0.29) is 6.04 Å². The highest BCUT2D eigenvalue weighted by molar-refractivity contribution is 7.80. The van der Waals surface area contributed by atoms with Crippen LogP contribution in [0.3, 0.4) is 0 Å². The van der Waals surface area contributed by atoms with Crippen molar-refractivity contribution >= 4 is 34.5 Å². The summed E-state index contributed by atoms with van der Waals surface area (Å²) in [7, 11) is 0. The van der Waals surface area contributed by atoms with Gasteiger partial charge in [-0.2, -0.15) is 0 Å². The van der Waals surface area contributed by atoms with E-state index in [1.165, 1.54) is 0 Å². The molecule has 5 heteroatoms. The van der Waals surface area contributed by atoms with Crippen LogP contribution < -0.4 is 11.1 Å². The lowest BCUT2D eigenvalue weighted by atomic mass is 10.1. The van der Waals surface area contributed by atoms with E-state index < -0.39 is 0 Å². The van der Waals surface area contributed by atoms with E-state index in [0.29, 0.717) is 10.0 Å². The standard InChI is InChI=1S/C13H13ClN2OS/c1-8(12-3-2-6-17-12)16-11-7-9(14)4-5-10(11)13(15)18/h2-8,16H,1H3,(H2,15,18). The summed E-state index contributed by atoms with van der Waals surface area (Å²) in [5.41, 5.74) is 7.26. The summed E-state index contributed by atoms with van der Waals surface area (Å²) in [6.45, 7) is 1.99. The number of nitrogens with two attached hydrogens (primary N) is 1. The molecule has 94 valence electrons. The molecular weight excluding hydrogens is 268 g/mol. The van der Waals surface area contributed by atoms with Crippen LogP contribution in [0.4, 0.5) is 5.69 Å². The van der Waals surface area contributed by atoms with E-state index >= 15 is 0 Å². The Morgan fingerprint density at radius 1 is 1.44 bits per heavy atom. The number of halogens is 1. The number of nitrogens with one attached hydrogen (secondary N) is 1. The van der Waals surface area contributed by atoms with Gasteiger partial charge >= 0.3 is 0 Å². The van der Waals surface area contributed by atoms with E-state index in [4.69, 9.17) is 34.0 Å². The van der Waals surface area contributed by atoms with Crippen molar-refractivity contribution in [2.45, 2.75) is 13.0 Å². The summed E-state index contributed by atoms with van der Waals surface area (Å²) in [5, 5.41) is 3.92. The van der Waals surface area contributed by atoms with Crippen molar-refractivity contribution in [1.82, 2.24) is 0 Å². The van der Waals surface area contributed by atoms with Gasteiger partial charge in [0.25, 0.3) is 0 Å². The Morgan fingerprint density at radius 3 is 2.83 bits per heavy atom. The van der Waals surface area contributed by atoms with E-state index in [0.717, 1.165) is 17.0 Å². The zero-order valence-corrected chi connectivity index (χ0v) is 11.4. The van der Waals surface area contributed by atoms with E-state index in [1.807, 2.05) is 25.1 Å². The van der Waals surface area contributed by atoms with Crippen molar-refractivity contribution in [3.63, 3.8) is 0 Å². The monoisotopic (exact) mass is 280 g/mol. The van der Waals surface area contributed by atoms with E-state index in [9.17, 15) is 0 Å². The quantitative estimate of drug-likeness (QED) is 0.838. The number of thiocarbonyl (C=S) groups is 1. The van der Waals surface area contributed by atoms with Gasteiger partial charge in [0.2, 0.25) is 0 Å². The van der Waals surface area contributed by atoms with Gasteiger partial charge in [-0.05, 0) is 37.3 Å². The van der Waals surface area contributed by atoms with Gasteiger partial charge < -0.3 is 15.5 Å². The molecule has 0 aliphatic rings. The summed E-state index contributed by atoms with van der Waals surface area (Å²) >= 11 is 11.0. The number of benzene rings is 1. The smallest absolute Gasteiger partial charge is 0.125 e. The Labute approximate surface area is 116 Å². The maximum Gasteiger partial charge on any atom is 0.125 e. The summed E-state index contributed by atoms with van der Waals surface area (Å²) in [6.07, 6.45) is 1.64. The molecule has 1 atom stereocenters. The van der Waals surface area contributed by atoms with Crippen LogP contribution in [0.1, 0.15) is 24.3 Å². The molecule has 0 aliphatic heterocycles. The molecule has 2 rings (SSSR count). The van der Waals surface area contributed by atoms with Crippen LogP contribution in [-0.2, 0) is 0 Å². The molecule has 0 bridgehead atoms. The summed E-state index contributed by atoms with van der Waals surface area (Å²) in [5.74, 6) is 0.837. The van der Waals surface area contributed by atoms with Crippen LogP contribution >= 0.6 is 23.8 Å². The molecule has 0 spiro atoms. The fraction of sp³-hybridized carbons (Fsp3) is 0.154. The van der Waals surface area contributed by atoms with E-state index in [1.54, 1.807) is 18.4 Å². The van der Waals surface area contributed by atoms with Crippen molar-refractivity contribution in [2.24, 2.45) is 5.73 Å². The van der Waals surface area contributed by atoms with Crippen LogP contribution in [0.25, 0.3) is 0 Å². The minimum atomic E-state index is 0.00608. The first kappa shape index (κ1) is 12.9. The molecule has 0 amide bonds. The molecule has 2 aromatic rings. The Balaban J connectivity index is 2.28.